The third kappa shape index (κ3) is 6.00. The number of benzene rings is 1. The van der Waals surface area contributed by atoms with E-state index >= 15 is 0 Å². The second kappa shape index (κ2) is 7.43. The number of hydrogen-bond donors (Lipinski definition) is 2. The zero-order valence-corrected chi connectivity index (χ0v) is 12.6. The van der Waals surface area contributed by atoms with Crippen LogP contribution < -0.4 is 11.1 Å². The average molecular weight is 300 g/mol. The van der Waals surface area contributed by atoms with Crippen LogP contribution in [-0.4, -0.2) is 35.9 Å². The molecule has 0 saturated heterocycles. The van der Waals surface area contributed by atoms with Gasteiger partial charge in [0.05, 0.1) is 11.5 Å². The molecule has 0 saturated carbocycles. The molecule has 1 amide bonds. The van der Waals surface area contributed by atoms with Crippen molar-refractivity contribution in [1.29, 1.82) is 0 Å². The first-order valence-corrected chi connectivity index (χ1v) is 6.70. The maximum Gasteiger partial charge on any atom is 0.238 e. The quantitative estimate of drug-likeness (QED) is 0.790. The van der Waals surface area contributed by atoms with Crippen LogP contribution in [-0.2, 0) is 4.79 Å². The highest BCUT2D eigenvalue weighted by atomic mass is 35.5. The van der Waals surface area contributed by atoms with Crippen LogP contribution in [0.4, 0.5) is 5.69 Å². The maximum atomic E-state index is 11.8. The van der Waals surface area contributed by atoms with Crippen LogP contribution in [0.2, 0.25) is 5.02 Å². The second-order valence-electron chi connectivity index (χ2n) is 4.56. The van der Waals surface area contributed by atoms with E-state index in [1.807, 2.05) is 18.9 Å². The Morgan fingerprint density at radius 3 is 2.58 bits per heavy atom. The monoisotopic (exact) mass is 299 g/mol. The Labute approximate surface area is 123 Å². The Hall–Kier alpha value is -1.17. The third-order valence-corrected chi connectivity index (χ3v) is 3.27. The van der Waals surface area contributed by atoms with Crippen molar-refractivity contribution in [3.05, 3.63) is 29.3 Å². The number of carbonyl (C=O) groups is 1. The average Bonchev–Trinajstić information content (AvgIpc) is 2.31. The van der Waals surface area contributed by atoms with Crippen LogP contribution in [0.3, 0.4) is 0 Å². The molecule has 0 fully saturated rings. The van der Waals surface area contributed by atoms with Gasteiger partial charge in [0.2, 0.25) is 5.91 Å². The van der Waals surface area contributed by atoms with Crippen molar-refractivity contribution in [3.63, 3.8) is 0 Å². The van der Waals surface area contributed by atoms with E-state index in [2.05, 4.69) is 5.32 Å². The number of thiocarbonyl (C=S) groups is 1. The predicted octanol–water partition coefficient (Wildman–Crippen LogP) is 2.13. The number of nitrogens with two attached hydrogens (primary N) is 1. The Kier molecular flexibility index (Phi) is 6.21. The molecule has 0 bridgehead atoms. The standard InChI is InChI=1S/C13H18ClN3OS/c1-9(13(15)19)7-17(2)8-12(18)16-11-5-3-10(14)4-6-11/h3-6,9H,7-8H2,1-2H3,(H2,15,19)(H,16,18). The van der Waals surface area contributed by atoms with Gasteiger partial charge < -0.3 is 11.1 Å². The number of hydrogen-bond acceptors (Lipinski definition) is 3. The van der Waals surface area contributed by atoms with E-state index in [9.17, 15) is 4.79 Å². The molecule has 0 spiro atoms. The number of nitrogens with zero attached hydrogens (tertiary/aromatic N) is 1. The zero-order chi connectivity index (χ0) is 14.4. The fourth-order valence-electron chi connectivity index (χ4n) is 1.60. The summed E-state index contributed by atoms with van der Waals surface area (Å²) in [7, 11) is 1.86. The lowest BCUT2D eigenvalue weighted by atomic mass is 10.2. The highest BCUT2D eigenvalue weighted by Gasteiger charge is 2.12. The van der Waals surface area contributed by atoms with Gasteiger partial charge in [0.15, 0.2) is 0 Å². The lowest BCUT2D eigenvalue weighted by Crippen LogP contribution is -2.36. The molecule has 1 atom stereocenters. The first-order valence-electron chi connectivity index (χ1n) is 5.91. The zero-order valence-electron chi connectivity index (χ0n) is 11.0. The third-order valence-electron chi connectivity index (χ3n) is 2.61. The summed E-state index contributed by atoms with van der Waals surface area (Å²) in [4.78, 5) is 14.2. The van der Waals surface area contributed by atoms with Crippen molar-refractivity contribution in [2.75, 3.05) is 25.5 Å². The van der Waals surface area contributed by atoms with E-state index in [1.54, 1.807) is 24.3 Å². The number of amides is 1. The molecule has 0 aliphatic carbocycles. The molecular weight excluding hydrogens is 282 g/mol. The highest BCUT2D eigenvalue weighted by molar-refractivity contribution is 7.80. The van der Waals surface area contributed by atoms with Crippen LogP contribution in [0.15, 0.2) is 24.3 Å². The van der Waals surface area contributed by atoms with Gasteiger partial charge in [0.25, 0.3) is 0 Å². The van der Waals surface area contributed by atoms with Gasteiger partial charge in [0.1, 0.15) is 0 Å². The number of carbonyl (C=O) groups excluding carboxylic acids is 1. The van der Waals surface area contributed by atoms with Gasteiger partial charge in [-0.15, -0.1) is 0 Å². The van der Waals surface area contributed by atoms with Gasteiger partial charge in [0, 0.05) is 23.2 Å². The van der Waals surface area contributed by atoms with Crippen molar-refractivity contribution in [1.82, 2.24) is 4.90 Å². The molecule has 104 valence electrons. The molecule has 0 aliphatic rings. The minimum Gasteiger partial charge on any atom is -0.393 e. The number of nitrogens with one attached hydrogen (secondary N) is 1. The predicted molar refractivity (Wildman–Crippen MR) is 83.5 cm³/mol. The number of anilines is 1. The normalized spacial score (nSPS) is 12.2. The number of rotatable bonds is 6. The molecule has 0 aromatic heterocycles. The molecular formula is C13H18ClN3OS. The minimum absolute atomic E-state index is 0.0834. The fourth-order valence-corrected chi connectivity index (χ4v) is 1.80. The van der Waals surface area contributed by atoms with Crippen LogP contribution >= 0.6 is 23.8 Å². The molecule has 1 rings (SSSR count). The largest absolute Gasteiger partial charge is 0.393 e. The van der Waals surface area contributed by atoms with Crippen LogP contribution in [0, 0.1) is 5.92 Å². The molecule has 0 aliphatic heterocycles. The Bertz CT molecular complexity index is 450. The highest BCUT2D eigenvalue weighted by Crippen LogP contribution is 2.13. The molecule has 0 radical (unpaired) electrons. The second-order valence-corrected chi connectivity index (χ2v) is 5.46. The Morgan fingerprint density at radius 1 is 1.47 bits per heavy atom. The molecule has 0 heterocycles. The molecule has 1 aromatic rings. The fraction of sp³-hybridized carbons (Fsp3) is 0.385. The Morgan fingerprint density at radius 2 is 2.05 bits per heavy atom. The topological polar surface area (TPSA) is 58.4 Å². The van der Waals surface area contributed by atoms with Gasteiger partial charge in [-0.1, -0.05) is 30.7 Å². The van der Waals surface area contributed by atoms with Crippen molar-refractivity contribution in [2.24, 2.45) is 11.7 Å². The molecule has 3 N–H and O–H groups in total. The molecule has 19 heavy (non-hydrogen) atoms. The SMILES string of the molecule is CC(CN(C)CC(=O)Nc1ccc(Cl)cc1)C(N)=S. The summed E-state index contributed by atoms with van der Waals surface area (Å²) >= 11 is 10.7. The van der Waals surface area contributed by atoms with Gasteiger partial charge in [-0.2, -0.15) is 0 Å². The summed E-state index contributed by atoms with van der Waals surface area (Å²) in [6.45, 7) is 2.88. The summed E-state index contributed by atoms with van der Waals surface area (Å²) in [5.41, 5.74) is 6.27. The van der Waals surface area contributed by atoms with Crippen LogP contribution in [0.5, 0.6) is 0 Å². The van der Waals surface area contributed by atoms with Gasteiger partial charge in [-0.25, -0.2) is 0 Å². The summed E-state index contributed by atoms with van der Waals surface area (Å²) < 4.78 is 0. The van der Waals surface area contributed by atoms with Crippen molar-refractivity contribution in [2.45, 2.75) is 6.92 Å². The van der Waals surface area contributed by atoms with Crippen molar-refractivity contribution >= 4 is 40.4 Å². The van der Waals surface area contributed by atoms with E-state index in [4.69, 9.17) is 29.6 Å². The van der Waals surface area contributed by atoms with Crippen molar-refractivity contribution < 1.29 is 4.79 Å². The minimum atomic E-state index is -0.0834. The lowest BCUT2D eigenvalue weighted by molar-refractivity contribution is -0.117. The van der Waals surface area contributed by atoms with E-state index in [0.29, 0.717) is 16.6 Å². The van der Waals surface area contributed by atoms with E-state index in [-0.39, 0.29) is 18.4 Å². The summed E-state index contributed by atoms with van der Waals surface area (Å²) in [5.74, 6) is 0.00305. The molecule has 6 heteroatoms. The van der Waals surface area contributed by atoms with Crippen molar-refractivity contribution in [3.8, 4) is 0 Å². The van der Waals surface area contributed by atoms with E-state index in [1.165, 1.54) is 0 Å². The van der Waals surface area contributed by atoms with Crippen LogP contribution in [0.1, 0.15) is 6.92 Å². The summed E-state index contributed by atoms with van der Waals surface area (Å²) in [6.07, 6.45) is 0. The van der Waals surface area contributed by atoms with Gasteiger partial charge >= 0.3 is 0 Å². The molecule has 1 unspecified atom stereocenters. The first-order chi connectivity index (χ1) is 8.88. The smallest absolute Gasteiger partial charge is 0.238 e. The Balaban J connectivity index is 2.42. The number of halogens is 1. The first kappa shape index (κ1) is 15.9. The van der Waals surface area contributed by atoms with Gasteiger partial charge in [-0.3, -0.25) is 9.69 Å². The maximum absolute atomic E-state index is 11.8. The molecule has 1 aromatic carbocycles. The van der Waals surface area contributed by atoms with Crippen LogP contribution in [0.25, 0.3) is 0 Å². The lowest BCUT2D eigenvalue weighted by Gasteiger charge is -2.20. The number of likely N-dealkylation sites (N-methyl/N-ethyl adjacent to an activating group) is 1. The summed E-state index contributed by atoms with van der Waals surface area (Å²) in [6, 6.07) is 6.99. The summed E-state index contributed by atoms with van der Waals surface area (Å²) in [5, 5.41) is 3.44. The van der Waals surface area contributed by atoms with Gasteiger partial charge in [-0.05, 0) is 31.3 Å². The van der Waals surface area contributed by atoms with E-state index < -0.39 is 0 Å². The molecule has 4 nitrogen and oxygen atoms in total. The van der Waals surface area contributed by atoms with E-state index in [0.717, 1.165) is 5.69 Å².